The topological polar surface area (TPSA) is 37.3 Å². The molecule has 96 valence electrons. The number of aliphatic hydroxyl groups is 1. The molecule has 0 aromatic heterocycles. The molecule has 0 aromatic rings. The molecule has 3 fully saturated rings. The van der Waals surface area contributed by atoms with Gasteiger partial charge in [-0.1, -0.05) is 27.2 Å². The molecule has 0 heterocycles. The molecule has 0 aromatic carbocycles. The van der Waals surface area contributed by atoms with Crippen molar-refractivity contribution in [3.63, 3.8) is 0 Å². The normalized spacial score (nSPS) is 56.1. The Balaban J connectivity index is 2.04. The quantitative estimate of drug-likeness (QED) is 0.702. The number of Topliss-reactive ketones (excluding diaryl/α,β-unsaturated/α-hetero) is 1. The van der Waals surface area contributed by atoms with E-state index in [0.29, 0.717) is 24.0 Å². The summed E-state index contributed by atoms with van der Waals surface area (Å²) in [5, 5.41) is 10.7. The van der Waals surface area contributed by atoms with Crippen molar-refractivity contribution in [2.45, 2.75) is 59.0 Å². The van der Waals surface area contributed by atoms with E-state index in [1.807, 2.05) is 6.92 Å². The largest absolute Gasteiger partial charge is 0.390 e. The smallest absolute Gasteiger partial charge is 0.137 e. The number of ketones is 1. The fraction of sp³-hybridized carbons (Fsp3) is 0.933. The Hall–Kier alpha value is -0.370. The van der Waals surface area contributed by atoms with Crippen molar-refractivity contribution in [2.24, 2.45) is 28.6 Å². The Morgan fingerprint density at radius 3 is 2.47 bits per heavy atom. The van der Waals surface area contributed by atoms with Gasteiger partial charge in [0.05, 0.1) is 5.60 Å². The molecule has 2 nitrogen and oxygen atoms in total. The Morgan fingerprint density at radius 2 is 1.82 bits per heavy atom. The van der Waals surface area contributed by atoms with E-state index in [2.05, 4.69) is 20.8 Å². The van der Waals surface area contributed by atoms with Crippen LogP contribution in [-0.2, 0) is 4.79 Å². The molecule has 0 amide bonds. The summed E-state index contributed by atoms with van der Waals surface area (Å²) < 4.78 is 0. The summed E-state index contributed by atoms with van der Waals surface area (Å²) in [5.74, 6) is 1.42. The van der Waals surface area contributed by atoms with Crippen molar-refractivity contribution in [3.8, 4) is 0 Å². The van der Waals surface area contributed by atoms with Crippen LogP contribution < -0.4 is 0 Å². The highest BCUT2D eigenvalue weighted by molar-refractivity contribution is 5.87. The van der Waals surface area contributed by atoms with Gasteiger partial charge >= 0.3 is 0 Å². The third-order valence-corrected chi connectivity index (χ3v) is 6.05. The number of hydrogen-bond donors (Lipinski definition) is 1. The molecule has 17 heavy (non-hydrogen) atoms. The van der Waals surface area contributed by atoms with Crippen LogP contribution in [0.15, 0.2) is 0 Å². The van der Waals surface area contributed by atoms with Crippen molar-refractivity contribution in [3.05, 3.63) is 0 Å². The Morgan fingerprint density at radius 1 is 1.18 bits per heavy atom. The summed E-state index contributed by atoms with van der Waals surface area (Å²) in [6.07, 6.45) is 3.77. The van der Waals surface area contributed by atoms with Crippen molar-refractivity contribution in [1.29, 1.82) is 0 Å². The minimum Gasteiger partial charge on any atom is -0.390 e. The van der Waals surface area contributed by atoms with Crippen LogP contribution in [-0.4, -0.2) is 16.5 Å². The Labute approximate surface area is 104 Å². The molecule has 2 heteroatoms. The number of fused-ring (bicyclic) bond motifs is 3. The predicted octanol–water partition coefficient (Wildman–Crippen LogP) is 2.79. The van der Waals surface area contributed by atoms with E-state index in [9.17, 15) is 9.90 Å². The molecule has 3 saturated carbocycles. The maximum Gasteiger partial charge on any atom is 0.137 e. The zero-order chi connectivity index (χ0) is 12.6. The molecule has 3 aliphatic rings. The van der Waals surface area contributed by atoms with Crippen LogP contribution >= 0.6 is 0 Å². The van der Waals surface area contributed by atoms with Crippen LogP contribution in [0.3, 0.4) is 0 Å². The standard InChI is InChI=1S/C15H24O2/c1-13(2)10-9(16)8-14(3)6-5-7-15(4,17)12(14)11(10)13/h10-12,17H,5-8H2,1-4H3/t10-,11+,12+,14+,15+/m1/s1. The number of carbonyl (C=O) groups excluding carboxylic acids is 1. The SMILES string of the molecule is CC1(C)[C@H]2[C@H]1C(=O)C[C@]1(C)CCC[C@](C)(O)[C@@H]21. The van der Waals surface area contributed by atoms with E-state index in [0.717, 1.165) is 19.3 Å². The Bertz CT molecular complexity index is 382. The van der Waals surface area contributed by atoms with Gasteiger partial charge < -0.3 is 5.11 Å². The van der Waals surface area contributed by atoms with Crippen molar-refractivity contribution in [2.75, 3.05) is 0 Å². The van der Waals surface area contributed by atoms with E-state index in [-0.39, 0.29) is 16.7 Å². The average molecular weight is 236 g/mol. The highest BCUT2D eigenvalue weighted by Gasteiger charge is 2.73. The van der Waals surface area contributed by atoms with Gasteiger partial charge in [0, 0.05) is 12.3 Å². The molecule has 3 aliphatic carbocycles. The zero-order valence-corrected chi connectivity index (χ0v) is 11.4. The fourth-order valence-electron chi connectivity index (χ4n) is 5.35. The third kappa shape index (κ3) is 1.34. The number of rotatable bonds is 0. The molecular weight excluding hydrogens is 212 g/mol. The van der Waals surface area contributed by atoms with Gasteiger partial charge in [-0.3, -0.25) is 4.79 Å². The maximum absolute atomic E-state index is 12.2. The lowest BCUT2D eigenvalue weighted by Crippen LogP contribution is -2.52. The molecule has 0 bridgehead atoms. The molecule has 0 spiro atoms. The van der Waals surface area contributed by atoms with E-state index in [4.69, 9.17) is 0 Å². The molecule has 5 atom stereocenters. The highest BCUT2D eigenvalue weighted by Crippen LogP contribution is 2.73. The molecular formula is C15H24O2. The second-order valence-corrected chi connectivity index (χ2v) is 7.81. The lowest BCUT2D eigenvalue weighted by molar-refractivity contribution is -0.145. The zero-order valence-electron chi connectivity index (χ0n) is 11.4. The summed E-state index contributed by atoms with van der Waals surface area (Å²) in [6, 6.07) is 0. The Kier molecular flexibility index (Phi) is 2.04. The first kappa shape index (κ1) is 11.7. The van der Waals surface area contributed by atoms with E-state index in [1.54, 1.807) is 0 Å². The van der Waals surface area contributed by atoms with Gasteiger partial charge in [0.1, 0.15) is 5.78 Å². The van der Waals surface area contributed by atoms with Gasteiger partial charge in [-0.2, -0.15) is 0 Å². The lowest BCUT2D eigenvalue weighted by Gasteiger charge is -2.52. The molecule has 1 N–H and O–H groups in total. The third-order valence-electron chi connectivity index (χ3n) is 6.05. The van der Waals surface area contributed by atoms with Gasteiger partial charge in [0.2, 0.25) is 0 Å². The first-order valence-electron chi connectivity index (χ1n) is 6.95. The second kappa shape index (κ2) is 2.96. The van der Waals surface area contributed by atoms with Gasteiger partial charge in [-0.15, -0.1) is 0 Å². The molecule has 3 rings (SSSR count). The van der Waals surface area contributed by atoms with Crippen LogP contribution in [0.25, 0.3) is 0 Å². The van der Waals surface area contributed by atoms with Crippen molar-refractivity contribution < 1.29 is 9.90 Å². The maximum atomic E-state index is 12.2. The number of carbonyl (C=O) groups is 1. The second-order valence-electron chi connectivity index (χ2n) is 7.81. The van der Waals surface area contributed by atoms with Gasteiger partial charge in [-0.05, 0) is 42.4 Å². The minimum atomic E-state index is -0.565. The summed E-state index contributed by atoms with van der Waals surface area (Å²) in [4.78, 5) is 12.2. The lowest BCUT2D eigenvalue weighted by atomic mass is 9.54. The monoisotopic (exact) mass is 236 g/mol. The fourth-order valence-corrected chi connectivity index (χ4v) is 5.35. The highest BCUT2D eigenvalue weighted by atomic mass is 16.3. The summed E-state index contributed by atoms with van der Waals surface area (Å²) in [7, 11) is 0. The number of hydrogen-bond acceptors (Lipinski definition) is 2. The van der Waals surface area contributed by atoms with Gasteiger partial charge in [0.15, 0.2) is 0 Å². The minimum absolute atomic E-state index is 0.0494. The summed E-state index contributed by atoms with van der Waals surface area (Å²) in [5.41, 5.74) is -0.390. The molecule has 0 aliphatic heterocycles. The average Bonchev–Trinajstić information content (AvgIpc) is 2.66. The van der Waals surface area contributed by atoms with E-state index < -0.39 is 5.60 Å². The van der Waals surface area contributed by atoms with Crippen LogP contribution in [0, 0.1) is 28.6 Å². The predicted molar refractivity (Wildman–Crippen MR) is 66.5 cm³/mol. The molecule has 0 saturated heterocycles. The van der Waals surface area contributed by atoms with E-state index >= 15 is 0 Å². The first-order valence-corrected chi connectivity index (χ1v) is 6.95. The van der Waals surface area contributed by atoms with E-state index in [1.165, 1.54) is 0 Å². The first-order chi connectivity index (χ1) is 7.70. The van der Waals surface area contributed by atoms with Gasteiger partial charge in [0.25, 0.3) is 0 Å². The van der Waals surface area contributed by atoms with Crippen LogP contribution in [0.1, 0.15) is 53.4 Å². The summed E-state index contributed by atoms with van der Waals surface area (Å²) in [6.45, 7) is 8.64. The van der Waals surface area contributed by atoms with Crippen LogP contribution in [0.2, 0.25) is 0 Å². The van der Waals surface area contributed by atoms with Gasteiger partial charge in [-0.25, -0.2) is 0 Å². The summed E-state index contributed by atoms with van der Waals surface area (Å²) >= 11 is 0. The van der Waals surface area contributed by atoms with Crippen LogP contribution in [0.5, 0.6) is 0 Å². The molecule has 0 radical (unpaired) electrons. The molecule has 0 unspecified atom stereocenters. The van der Waals surface area contributed by atoms with Crippen LogP contribution in [0.4, 0.5) is 0 Å². The van der Waals surface area contributed by atoms with Crippen molar-refractivity contribution in [1.82, 2.24) is 0 Å². The van der Waals surface area contributed by atoms with Crippen molar-refractivity contribution >= 4 is 5.78 Å².